The van der Waals surface area contributed by atoms with Crippen LogP contribution in [-0.2, 0) is 4.79 Å². The van der Waals surface area contributed by atoms with Crippen molar-refractivity contribution in [1.82, 2.24) is 0 Å². The molecular weight excluding hydrogens is 350 g/mol. The summed E-state index contributed by atoms with van der Waals surface area (Å²) in [5.41, 5.74) is 2.05. The SMILES string of the molecule is COc1cccc(NC(=O)CC[NH+]2CC[NH+](C/C=C/c3ccccc3)CC2)c1. The van der Waals surface area contributed by atoms with E-state index >= 15 is 0 Å². The molecule has 1 amide bonds. The maximum absolute atomic E-state index is 12.2. The predicted octanol–water partition coefficient (Wildman–Crippen LogP) is 0.521. The van der Waals surface area contributed by atoms with E-state index in [4.69, 9.17) is 4.74 Å². The maximum atomic E-state index is 12.2. The van der Waals surface area contributed by atoms with Gasteiger partial charge in [0.25, 0.3) is 0 Å². The lowest BCUT2D eigenvalue weighted by molar-refractivity contribution is -1.01. The van der Waals surface area contributed by atoms with Gasteiger partial charge in [-0.15, -0.1) is 0 Å². The minimum absolute atomic E-state index is 0.0707. The molecule has 28 heavy (non-hydrogen) atoms. The Bertz CT molecular complexity index is 768. The zero-order chi connectivity index (χ0) is 19.6. The van der Waals surface area contributed by atoms with Crippen molar-refractivity contribution < 1.29 is 19.3 Å². The number of hydrogen-bond donors (Lipinski definition) is 3. The van der Waals surface area contributed by atoms with E-state index in [1.165, 1.54) is 10.5 Å². The van der Waals surface area contributed by atoms with Crippen LogP contribution in [0.1, 0.15) is 12.0 Å². The highest BCUT2D eigenvalue weighted by atomic mass is 16.5. The van der Waals surface area contributed by atoms with E-state index < -0.39 is 0 Å². The average molecular weight is 382 g/mol. The van der Waals surface area contributed by atoms with Crippen LogP contribution >= 0.6 is 0 Å². The molecular formula is C23H31N3O2+2. The van der Waals surface area contributed by atoms with E-state index in [1.807, 2.05) is 30.3 Å². The van der Waals surface area contributed by atoms with Gasteiger partial charge >= 0.3 is 0 Å². The molecule has 1 aliphatic rings. The average Bonchev–Trinajstić information content (AvgIpc) is 2.74. The van der Waals surface area contributed by atoms with E-state index in [0.29, 0.717) is 6.42 Å². The molecule has 0 aliphatic carbocycles. The van der Waals surface area contributed by atoms with Crippen molar-refractivity contribution in [2.75, 3.05) is 51.7 Å². The van der Waals surface area contributed by atoms with Gasteiger partial charge in [-0.2, -0.15) is 0 Å². The van der Waals surface area contributed by atoms with Crippen LogP contribution in [0.2, 0.25) is 0 Å². The Morgan fingerprint density at radius 1 is 1.04 bits per heavy atom. The van der Waals surface area contributed by atoms with E-state index in [9.17, 15) is 4.79 Å². The van der Waals surface area contributed by atoms with Crippen molar-refractivity contribution in [2.45, 2.75) is 6.42 Å². The summed E-state index contributed by atoms with van der Waals surface area (Å²) in [6, 6.07) is 17.9. The van der Waals surface area contributed by atoms with Crippen LogP contribution in [0.3, 0.4) is 0 Å². The Hall–Kier alpha value is -2.63. The second-order valence-electron chi connectivity index (χ2n) is 7.30. The first-order chi connectivity index (χ1) is 13.7. The van der Waals surface area contributed by atoms with Gasteiger partial charge in [-0.1, -0.05) is 42.5 Å². The van der Waals surface area contributed by atoms with E-state index in [1.54, 1.807) is 12.0 Å². The van der Waals surface area contributed by atoms with Gasteiger partial charge in [0.2, 0.25) is 5.91 Å². The van der Waals surface area contributed by atoms with Crippen molar-refractivity contribution >= 4 is 17.7 Å². The molecule has 3 rings (SSSR count). The molecule has 0 bridgehead atoms. The van der Waals surface area contributed by atoms with Crippen LogP contribution in [0.25, 0.3) is 6.08 Å². The van der Waals surface area contributed by atoms with Gasteiger partial charge in [0, 0.05) is 11.8 Å². The van der Waals surface area contributed by atoms with Crippen molar-refractivity contribution in [3.8, 4) is 5.75 Å². The van der Waals surface area contributed by atoms with Gasteiger partial charge in [0.15, 0.2) is 0 Å². The maximum Gasteiger partial charge on any atom is 0.230 e. The molecule has 148 valence electrons. The Balaban J connectivity index is 1.34. The molecule has 0 saturated carbocycles. The fraction of sp³-hybridized carbons (Fsp3) is 0.348. The number of quaternary nitrogens is 2. The Morgan fingerprint density at radius 2 is 1.79 bits per heavy atom. The summed E-state index contributed by atoms with van der Waals surface area (Å²) in [4.78, 5) is 15.4. The lowest BCUT2D eigenvalue weighted by Gasteiger charge is -2.29. The van der Waals surface area contributed by atoms with Crippen molar-refractivity contribution in [2.24, 2.45) is 0 Å². The lowest BCUT2D eigenvalue weighted by Crippen LogP contribution is -3.28. The minimum Gasteiger partial charge on any atom is -0.497 e. The zero-order valence-corrected chi connectivity index (χ0v) is 16.6. The van der Waals surface area contributed by atoms with Crippen molar-refractivity contribution in [3.05, 3.63) is 66.2 Å². The molecule has 0 radical (unpaired) electrons. The molecule has 1 aliphatic heterocycles. The quantitative estimate of drug-likeness (QED) is 0.624. The molecule has 2 aromatic rings. The first kappa shape index (κ1) is 20.1. The number of carbonyl (C=O) groups is 1. The van der Waals surface area contributed by atoms with Crippen LogP contribution in [0.4, 0.5) is 5.69 Å². The largest absolute Gasteiger partial charge is 0.497 e. The number of methoxy groups -OCH3 is 1. The van der Waals surface area contributed by atoms with Gasteiger partial charge in [-0.05, 0) is 23.8 Å². The Kier molecular flexibility index (Phi) is 7.64. The smallest absolute Gasteiger partial charge is 0.230 e. The number of carbonyl (C=O) groups excluding carboxylic acids is 1. The predicted molar refractivity (Wildman–Crippen MR) is 113 cm³/mol. The van der Waals surface area contributed by atoms with E-state index in [-0.39, 0.29) is 5.91 Å². The summed E-state index contributed by atoms with van der Waals surface area (Å²) in [5.74, 6) is 0.824. The van der Waals surface area contributed by atoms with E-state index in [2.05, 4.69) is 41.7 Å². The summed E-state index contributed by atoms with van der Waals surface area (Å²) in [5, 5.41) is 2.96. The molecule has 3 N–H and O–H groups in total. The van der Waals surface area contributed by atoms with E-state index in [0.717, 1.165) is 50.7 Å². The van der Waals surface area contributed by atoms with Crippen LogP contribution < -0.4 is 19.9 Å². The summed E-state index contributed by atoms with van der Waals surface area (Å²) in [7, 11) is 1.63. The van der Waals surface area contributed by atoms with Crippen LogP contribution in [0.5, 0.6) is 5.75 Å². The fourth-order valence-electron chi connectivity index (χ4n) is 3.55. The monoisotopic (exact) mass is 381 g/mol. The Morgan fingerprint density at radius 3 is 2.54 bits per heavy atom. The molecule has 1 heterocycles. The number of nitrogens with one attached hydrogen (secondary N) is 3. The summed E-state index contributed by atoms with van der Waals surface area (Å²) in [6.07, 6.45) is 5.03. The molecule has 5 heteroatoms. The van der Waals surface area contributed by atoms with Crippen LogP contribution in [-0.4, -0.2) is 52.3 Å². The molecule has 1 saturated heterocycles. The molecule has 0 unspecified atom stereocenters. The summed E-state index contributed by atoms with van der Waals surface area (Å²) < 4.78 is 5.19. The highest BCUT2D eigenvalue weighted by Gasteiger charge is 2.22. The third kappa shape index (κ3) is 6.51. The molecule has 0 atom stereocenters. The van der Waals surface area contributed by atoms with Gasteiger partial charge < -0.3 is 19.9 Å². The normalized spacial score (nSPS) is 19.5. The third-order valence-corrected chi connectivity index (χ3v) is 5.24. The zero-order valence-electron chi connectivity index (χ0n) is 16.6. The van der Waals surface area contributed by atoms with Crippen molar-refractivity contribution in [3.63, 3.8) is 0 Å². The fourth-order valence-corrected chi connectivity index (χ4v) is 3.55. The molecule has 1 fully saturated rings. The topological polar surface area (TPSA) is 47.2 Å². The number of amides is 1. The number of rotatable bonds is 8. The first-order valence-electron chi connectivity index (χ1n) is 10.1. The number of piperazine rings is 1. The van der Waals surface area contributed by atoms with Gasteiger partial charge in [-0.3, -0.25) is 4.79 Å². The molecule has 0 aromatic heterocycles. The number of ether oxygens (including phenoxy) is 1. The highest BCUT2D eigenvalue weighted by molar-refractivity contribution is 5.90. The lowest BCUT2D eigenvalue weighted by atomic mass is 10.2. The second-order valence-corrected chi connectivity index (χ2v) is 7.30. The Labute approximate surface area is 167 Å². The van der Waals surface area contributed by atoms with Crippen LogP contribution in [0, 0.1) is 0 Å². The number of hydrogen-bond acceptors (Lipinski definition) is 2. The van der Waals surface area contributed by atoms with Crippen LogP contribution in [0.15, 0.2) is 60.7 Å². The molecule has 2 aromatic carbocycles. The van der Waals surface area contributed by atoms with Gasteiger partial charge in [0.1, 0.15) is 31.9 Å². The number of benzene rings is 2. The second kappa shape index (κ2) is 10.6. The third-order valence-electron chi connectivity index (χ3n) is 5.24. The molecule has 5 nitrogen and oxygen atoms in total. The molecule has 0 spiro atoms. The first-order valence-corrected chi connectivity index (χ1v) is 10.1. The van der Waals surface area contributed by atoms with Gasteiger partial charge in [-0.25, -0.2) is 0 Å². The summed E-state index contributed by atoms with van der Waals surface area (Å²) >= 11 is 0. The number of anilines is 1. The van der Waals surface area contributed by atoms with Crippen molar-refractivity contribution in [1.29, 1.82) is 0 Å². The summed E-state index contributed by atoms with van der Waals surface area (Å²) in [6.45, 7) is 6.53. The van der Waals surface area contributed by atoms with Gasteiger partial charge in [0.05, 0.1) is 26.6 Å². The highest BCUT2D eigenvalue weighted by Crippen LogP contribution is 2.16. The minimum atomic E-state index is 0.0707. The standard InChI is InChI=1S/C23H29N3O2/c1-28-22-11-5-10-21(19-22)24-23(27)12-14-26-17-15-25(16-18-26)13-6-9-20-7-3-2-4-8-20/h2-11,19H,12-18H2,1H3,(H,24,27)/p+2/b9-6+.